The Kier molecular flexibility index (Phi) is 6.16. The molecule has 1 N–H and O–H groups in total. The Balaban J connectivity index is 1.37. The van der Waals surface area contributed by atoms with E-state index in [4.69, 9.17) is 9.47 Å². The lowest BCUT2D eigenvalue weighted by molar-refractivity contribution is 0.0283. The van der Waals surface area contributed by atoms with Gasteiger partial charge in [-0.2, -0.15) is 10.4 Å². The van der Waals surface area contributed by atoms with E-state index in [1.807, 2.05) is 18.2 Å². The lowest BCUT2D eigenvalue weighted by Gasteiger charge is -2.19. The summed E-state index contributed by atoms with van der Waals surface area (Å²) in [5.74, 6) is 1.29. The zero-order chi connectivity index (χ0) is 25.3. The summed E-state index contributed by atoms with van der Waals surface area (Å²) in [4.78, 5) is 10.6. The van der Waals surface area contributed by atoms with Crippen molar-refractivity contribution in [2.45, 2.75) is 32.0 Å². The third-order valence-corrected chi connectivity index (χ3v) is 5.81. The second-order valence-corrected chi connectivity index (χ2v) is 9.37. The maximum absolute atomic E-state index is 13.4. The summed E-state index contributed by atoms with van der Waals surface area (Å²) in [7, 11) is 0. The van der Waals surface area contributed by atoms with Crippen molar-refractivity contribution in [3.05, 3.63) is 66.6 Å². The predicted octanol–water partition coefficient (Wildman–Crippen LogP) is 3.61. The molecular weight excluding hydrogens is 463 g/mol. The Morgan fingerprint density at radius 2 is 2.06 bits per heavy atom. The molecule has 0 spiro atoms. The SMILES string of the molecule is CC(C)(O)COc1cc(-c2ccc(N3CC[C@H](Oc4cncc(F)c4)C3)nc2)c2c(C#N)cnn2c1. The van der Waals surface area contributed by atoms with Gasteiger partial charge >= 0.3 is 0 Å². The highest BCUT2D eigenvalue weighted by Gasteiger charge is 2.25. The van der Waals surface area contributed by atoms with Gasteiger partial charge < -0.3 is 19.5 Å². The van der Waals surface area contributed by atoms with Crippen LogP contribution in [0.25, 0.3) is 16.6 Å². The third kappa shape index (κ3) is 5.06. The van der Waals surface area contributed by atoms with Crippen LogP contribution in [-0.4, -0.2) is 56.1 Å². The third-order valence-electron chi connectivity index (χ3n) is 5.81. The number of ether oxygens (including phenoxy) is 2. The van der Waals surface area contributed by atoms with E-state index in [0.717, 1.165) is 36.1 Å². The van der Waals surface area contributed by atoms with Crippen molar-refractivity contribution < 1.29 is 19.0 Å². The van der Waals surface area contributed by atoms with Crippen LogP contribution in [0.3, 0.4) is 0 Å². The quantitative estimate of drug-likeness (QED) is 0.420. The van der Waals surface area contributed by atoms with Crippen LogP contribution in [-0.2, 0) is 0 Å². The van der Waals surface area contributed by atoms with Crippen molar-refractivity contribution in [2.24, 2.45) is 0 Å². The van der Waals surface area contributed by atoms with Gasteiger partial charge in [0.05, 0.1) is 48.0 Å². The van der Waals surface area contributed by atoms with Crippen molar-refractivity contribution >= 4 is 11.3 Å². The van der Waals surface area contributed by atoms with Crippen molar-refractivity contribution in [1.82, 2.24) is 19.6 Å². The maximum Gasteiger partial charge on any atom is 0.145 e. The van der Waals surface area contributed by atoms with Gasteiger partial charge in [-0.25, -0.2) is 13.9 Å². The average molecular weight is 489 g/mol. The Morgan fingerprint density at radius 1 is 1.19 bits per heavy atom. The number of halogens is 1. The number of aromatic nitrogens is 4. The van der Waals surface area contributed by atoms with Gasteiger partial charge in [0.1, 0.15) is 41.9 Å². The standard InChI is InChI=1S/C26H25FN6O3/c1-26(2,34)16-35-22-8-23(25-18(9-28)11-31-33(25)15-22)17-3-4-24(30-10-17)32-6-5-20(14-32)36-21-7-19(27)12-29-13-21/h3-4,7-8,10-13,15,20,34H,5-6,14,16H2,1-2H3/t20-/m0/s1. The number of nitrogens with zero attached hydrogens (tertiary/aromatic N) is 6. The smallest absolute Gasteiger partial charge is 0.145 e. The summed E-state index contributed by atoms with van der Waals surface area (Å²) in [5, 5.41) is 23.9. The highest BCUT2D eigenvalue weighted by atomic mass is 19.1. The summed E-state index contributed by atoms with van der Waals surface area (Å²) in [6, 6.07) is 9.20. The zero-order valence-corrected chi connectivity index (χ0v) is 19.9. The van der Waals surface area contributed by atoms with Crippen LogP contribution in [0.4, 0.5) is 10.2 Å². The van der Waals surface area contributed by atoms with Crippen LogP contribution in [0, 0.1) is 17.1 Å². The number of fused-ring (bicyclic) bond motifs is 1. The predicted molar refractivity (Wildman–Crippen MR) is 130 cm³/mol. The molecule has 0 bridgehead atoms. The van der Waals surface area contributed by atoms with E-state index in [1.54, 1.807) is 30.8 Å². The number of pyridine rings is 3. The number of anilines is 1. The first-order chi connectivity index (χ1) is 17.3. The molecule has 0 unspecified atom stereocenters. The van der Waals surface area contributed by atoms with Crippen molar-refractivity contribution in [3.8, 4) is 28.7 Å². The molecule has 9 nitrogen and oxygen atoms in total. The van der Waals surface area contributed by atoms with E-state index in [1.165, 1.54) is 18.5 Å². The molecule has 1 aliphatic heterocycles. The van der Waals surface area contributed by atoms with E-state index in [0.29, 0.717) is 29.1 Å². The van der Waals surface area contributed by atoms with Gasteiger partial charge in [0.25, 0.3) is 0 Å². The van der Waals surface area contributed by atoms with Crippen molar-refractivity contribution in [2.75, 3.05) is 24.6 Å². The van der Waals surface area contributed by atoms with Gasteiger partial charge in [0.2, 0.25) is 0 Å². The zero-order valence-electron chi connectivity index (χ0n) is 19.9. The van der Waals surface area contributed by atoms with Gasteiger partial charge in [-0.3, -0.25) is 4.98 Å². The lowest BCUT2D eigenvalue weighted by Crippen LogP contribution is -2.27. The van der Waals surface area contributed by atoms with Crippen LogP contribution < -0.4 is 14.4 Å². The summed E-state index contributed by atoms with van der Waals surface area (Å²) in [6.45, 7) is 4.81. The Morgan fingerprint density at radius 3 is 2.78 bits per heavy atom. The molecule has 0 saturated carbocycles. The number of aliphatic hydroxyl groups is 1. The fourth-order valence-electron chi connectivity index (χ4n) is 4.15. The number of hydrogen-bond acceptors (Lipinski definition) is 8. The molecule has 1 aliphatic rings. The fraction of sp³-hybridized carbons (Fsp3) is 0.308. The normalized spacial score (nSPS) is 15.8. The molecule has 5 rings (SSSR count). The summed E-state index contributed by atoms with van der Waals surface area (Å²) in [5.41, 5.74) is 1.64. The topological polar surface area (TPSA) is 109 Å². The highest BCUT2D eigenvalue weighted by Crippen LogP contribution is 2.32. The molecule has 5 heterocycles. The van der Waals surface area contributed by atoms with Gasteiger partial charge in [0.15, 0.2) is 0 Å². The molecule has 0 aromatic carbocycles. The number of hydrogen-bond donors (Lipinski definition) is 1. The van der Waals surface area contributed by atoms with Crippen molar-refractivity contribution in [3.63, 3.8) is 0 Å². The van der Waals surface area contributed by atoms with E-state index < -0.39 is 11.4 Å². The summed E-state index contributed by atoms with van der Waals surface area (Å²) >= 11 is 0. The van der Waals surface area contributed by atoms with E-state index in [2.05, 4.69) is 26.0 Å². The molecule has 0 radical (unpaired) electrons. The molecule has 10 heteroatoms. The Hall–Kier alpha value is -4.23. The monoisotopic (exact) mass is 488 g/mol. The van der Waals surface area contributed by atoms with Gasteiger partial charge in [-0.05, 0) is 32.0 Å². The first-order valence-electron chi connectivity index (χ1n) is 11.5. The molecule has 1 saturated heterocycles. The first-order valence-corrected chi connectivity index (χ1v) is 11.5. The minimum atomic E-state index is -0.997. The molecule has 4 aromatic heterocycles. The largest absolute Gasteiger partial charge is 0.489 e. The molecule has 184 valence electrons. The molecular formula is C26H25FN6O3. The maximum atomic E-state index is 13.4. The van der Waals surface area contributed by atoms with Gasteiger partial charge in [0, 0.05) is 36.4 Å². The van der Waals surface area contributed by atoms with Crippen LogP contribution in [0.2, 0.25) is 0 Å². The number of rotatable bonds is 7. The summed E-state index contributed by atoms with van der Waals surface area (Å²) < 4.78 is 26.7. The van der Waals surface area contributed by atoms with E-state index >= 15 is 0 Å². The van der Waals surface area contributed by atoms with Crippen LogP contribution >= 0.6 is 0 Å². The van der Waals surface area contributed by atoms with Crippen LogP contribution in [0.5, 0.6) is 11.5 Å². The first kappa shape index (κ1) is 23.5. The van der Waals surface area contributed by atoms with Gasteiger partial charge in [-0.1, -0.05) is 0 Å². The van der Waals surface area contributed by atoms with Crippen molar-refractivity contribution in [1.29, 1.82) is 5.26 Å². The van der Waals surface area contributed by atoms with E-state index in [-0.39, 0.29) is 12.7 Å². The van der Waals surface area contributed by atoms with Crippen LogP contribution in [0.15, 0.2) is 55.2 Å². The minimum absolute atomic E-state index is 0.0933. The highest BCUT2D eigenvalue weighted by molar-refractivity contribution is 5.85. The average Bonchev–Trinajstić information content (AvgIpc) is 3.49. The van der Waals surface area contributed by atoms with E-state index in [9.17, 15) is 14.8 Å². The molecule has 4 aromatic rings. The van der Waals surface area contributed by atoms with Gasteiger partial charge in [-0.15, -0.1) is 0 Å². The Bertz CT molecular complexity index is 1420. The molecule has 0 aliphatic carbocycles. The Labute approximate surface area is 207 Å². The summed E-state index contributed by atoms with van der Waals surface area (Å²) in [6.07, 6.45) is 8.29. The molecule has 1 atom stereocenters. The second-order valence-electron chi connectivity index (χ2n) is 9.37. The molecule has 1 fully saturated rings. The molecule has 36 heavy (non-hydrogen) atoms. The van der Waals surface area contributed by atoms with Crippen LogP contribution in [0.1, 0.15) is 25.8 Å². The second kappa shape index (κ2) is 9.43. The molecule has 0 amide bonds. The lowest BCUT2D eigenvalue weighted by atomic mass is 10.1. The fourth-order valence-corrected chi connectivity index (χ4v) is 4.15. The minimum Gasteiger partial charge on any atom is -0.489 e. The number of nitriles is 1.